The number of halogens is 1. The Morgan fingerprint density at radius 3 is 2.67 bits per heavy atom. The average Bonchev–Trinajstić information content (AvgIpc) is 3.10. The molecule has 2 saturated heterocycles. The first kappa shape index (κ1) is 20.7. The molecule has 4 rings (SSSR count). The maximum absolute atomic E-state index is 12.7. The van der Waals surface area contributed by atoms with Crippen LogP contribution in [0.1, 0.15) is 44.1 Å². The van der Waals surface area contributed by atoms with E-state index in [4.69, 9.17) is 11.6 Å². The summed E-state index contributed by atoms with van der Waals surface area (Å²) < 4.78 is 0. The molecular weight excluding hydrogens is 404 g/mol. The second-order valence-corrected chi connectivity index (χ2v) is 8.52. The van der Waals surface area contributed by atoms with Crippen LogP contribution in [0.15, 0.2) is 24.4 Å². The van der Waals surface area contributed by atoms with Crippen molar-refractivity contribution in [2.45, 2.75) is 51.0 Å². The number of likely N-dealkylation sites (tertiary alicyclic amines) is 1. The van der Waals surface area contributed by atoms with Crippen LogP contribution < -0.4 is 5.32 Å². The molecule has 0 saturated carbocycles. The van der Waals surface area contributed by atoms with Crippen molar-refractivity contribution in [3.63, 3.8) is 0 Å². The zero-order valence-corrected chi connectivity index (χ0v) is 17.7. The van der Waals surface area contributed by atoms with Gasteiger partial charge in [-0.3, -0.25) is 14.5 Å². The molecule has 2 aromatic rings. The van der Waals surface area contributed by atoms with Crippen LogP contribution in [0.3, 0.4) is 0 Å². The summed E-state index contributed by atoms with van der Waals surface area (Å²) in [5.41, 5.74) is 1.98. The Bertz CT molecular complexity index is 949. The van der Waals surface area contributed by atoms with Crippen LogP contribution in [0.25, 0.3) is 10.9 Å². The van der Waals surface area contributed by atoms with Gasteiger partial charge in [0.1, 0.15) is 6.04 Å². The first-order valence-electron chi connectivity index (χ1n) is 10.7. The van der Waals surface area contributed by atoms with Gasteiger partial charge in [-0.15, -0.1) is 0 Å². The minimum atomic E-state index is -0.620. The lowest BCUT2D eigenvalue weighted by atomic mass is 10.1. The molecule has 1 atom stereocenters. The Balaban J connectivity index is 1.32. The maximum atomic E-state index is 12.7. The predicted molar refractivity (Wildman–Crippen MR) is 115 cm³/mol. The third kappa shape index (κ3) is 4.46. The van der Waals surface area contributed by atoms with Crippen LogP contribution in [0, 0.1) is 0 Å². The minimum absolute atomic E-state index is 0.0769. The van der Waals surface area contributed by atoms with E-state index in [0.29, 0.717) is 24.4 Å². The number of H-pyrrole nitrogens is 1. The van der Waals surface area contributed by atoms with Crippen LogP contribution in [-0.2, 0) is 16.0 Å². The first-order valence-corrected chi connectivity index (χ1v) is 11.1. The summed E-state index contributed by atoms with van der Waals surface area (Å²) in [5.74, 6) is -0.172. The number of benzene rings is 1. The molecule has 7 nitrogen and oxygen atoms in total. The number of fused-ring (bicyclic) bond motifs is 1. The van der Waals surface area contributed by atoms with Gasteiger partial charge in [-0.25, -0.2) is 4.79 Å². The molecule has 0 unspecified atom stereocenters. The number of carbonyl (C=O) groups is 3. The molecule has 160 valence electrons. The third-order valence-electron chi connectivity index (χ3n) is 6.05. The maximum Gasteiger partial charge on any atom is 0.324 e. The Kier molecular flexibility index (Phi) is 6.27. The van der Waals surface area contributed by atoms with Crippen molar-refractivity contribution < 1.29 is 14.4 Å². The smallest absolute Gasteiger partial charge is 0.324 e. The summed E-state index contributed by atoms with van der Waals surface area (Å²) in [4.78, 5) is 43.9. The molecule has 0 aliphatic carbocycles. The fourth-order valence-electron chi connectivity index (χ4n) is 4.32. The summed E-state index contributed by atoms with van der Waals surface area (Å²) >= 11 is 6.09. The second kappa shape index (κ2) is 9.08. The molecule has 3 heterocycles. The van der Waals surface area contributed by atoms with Gasteiger partial charge in [-0.05, 0) is 49.4 Å². The Labute approximate surface area is 180 Å². The molecule has 0 bridgehead atoms. The number of hydrogen-bond donors (Lipinski definition) is 2. The zero-order valence-electron chi connectivity index (χ0n) is 17.0. The third-order valence-corrected chi connectivity index (χ3v) is 6.28. The lowest BCUT2D eigenvalue weighted by molar-refractivity contribution is -0.131. The van der Waals surface area contributed by atoms with Crippen molar-refractivity contribution in [1.82, 2.24) is 20.1 Å². The van der Waals surface area contributed by atoms with Crippen LogP contribution in [0.2, 0.25) is 5.02 Å². The van der Waals surface area contributed by atoms with E-state index in [1.54, 1.807) is 0 Å². The van der Waals surface area contributed by atoms with E-state index >= 15 is 0 Å². The molecule has 2 aliphatic rings. The van der Waals surface area contributed by atoms with Crippen LogP contribution in [0.5, 0.6) is 0 Å². The molecule has 8 heteroatoms. The summed E-state index contributed by atoms with van der Waals surface area (Å²) in [6, 6.07) is 4.60. The molecule has 0 radical (unpaired) electrons. The number of aromatic amines is 1. The number of amides is 4. The van der Waals surface area contributed by atoms with Gasteiger partial charge in [0.25, 0.3) is 5.91 Å². The van der Waals surface area contributed by atoms with E-state index in [-0.39, 0.29) is 24.3 Å². The largest absolute Gasteiger partial charge is 0.361 e. The van der Waals surface area contributed by atoms with Crippen molar-refractivity contribution in [3.05, 3.63) is 35.0 Å². The van der Waals surface area contributed by atoms with Crippen molar-refractivity contribution in [2.24, 2.45) is 0 Å². The summed E-state index contributed by atoms with van der Waals surface area (Å²) in [6.45, 7) is 1.88. The standard InChI is InChI=1S/C22H27ClN4O3/c23-16-5-6-18-17(13-16)15(14-24-18)9-12-27-21(29)19(25-22(27)30)7-8-20(28)26-10-3-1-2-4-11-26/h5-6,13-14,19,24H,1-4,7-12H2,(H,25,30)/t19-/m1/s1. The first-order chi connectivity index (χ1) is 14.5. The highest BCUT2D eigenvalue weighted by Gasteiger charge is 2.37. The minimum Gasteiger partial charge on any atom is -0.361 e. The summed E-state index contributed by atoms with van der Waals surface area (Å²) in [7, 11) is 0. The Morgan fingerprint density at radius 2 is 1.90 bits per heavy atom. The normalized spacial score (nSPS) is 20.0. The number of imide groups is 1. The predicted octanol–water partition coefficient (Wildman–Crippen LogP) is 3.47. The second-order valence-electron chi connectivity index (χ2n) is 8.08. The van der Waals surface area contributed by atoms with Gasteiger partial charge in [0.2, 0.25) is 5.91 Å². The van der Waals surface area contributed by atoms with Crippen molar-refractivity contribution >= 4 is 40.3 Å². The Hall–Kier alpha value is -2.54. The van der Waals surface area contributed by atoms with Crippen molar-refractivity contribution in [2.75, 3.05) is 19.6 Å². The highest BCUT2D eigenvalue weighted by Crippen LogP contribution is 2.23. The van der Waals surface area contributed by atoms with Gasteiger partial charge in [0.15, 0.2) is 0 Å². The number of urea groups is 1. The molecule has 2 aliphatic heterocycles. The number of carbonyl (C=O) groups excluding carboxylic acids is 3. The van der Waals surface area contributed by atoms with Gasteiger partial charge >= 0.3 is 6.03 Å². The molecule has 1 aromatic heterocycles. The fourth-order valence-corrected chi connectivity index (χ4v) is 4.49. The fraction of sp³-hybridized carbons (Fsp3) is 0.500. The average molecular weight is 431 g/mol. The SMILES string of the molecule is O=C(CC[C@H]1NC(=O)N(CCc2c[nH]c3ccc(Cl)cc23)C1=O)N1CCCCCC1. The number of rotatable bonds is 6. The van der Waals surface area contributed by atoms with Crippen molar-refractivity contribution in [1.29, 1.82) is 0 Å². The molecule has 2 N–H and O–H groups in total. The van der Waals surface area contributed by atoms with E-state index in [1.165, 1.54) is 17.7 Å². The quantitative estimate of drug-likeness (QED) is 0.688. The monoisotopic (exact) mass is 430 g/mol. The Morgan fingerprint density at radius 1 is 1.13 bits per heavy atom. The van der Waals surface area contributed by atoms with E-state index in [9.17, 15) is 14.4 Å². The van der Waals surface area contributed by atoms with Crippen molar-refractivity contribution in [3.8, 4) is 0 Å². The molecule has 30 heavy (non-hydrogen) atoms. The molecular formula is C22H27ClN4O3. The van der Waals surface area contributed by atoms with Gasteiger partial charge in [0, 0.05) is 48.2 Å². The molecule has 2 fully saturated rings. The van der Waals surface area contributed by atoms with E-state index in [0.717, 1.165) is 42.4 Å². The van der Waals surface area contributed by atoms with Crippen LogP contribution in [0.4, 0.5) is 4.79 Å². The number of nitrogens with one attached hydrogen (secondary N) is 2. The topological polar surface area (TPSA) is 85.5 Å². The van der Waals surface area contributed by atoms with Gasteiger partial charge in [-0.2, -0.15) is 0 Å². The number of nitrogens with zero attached hydrogens (tertiary/aromatic N) is 2. The van der Waals surface area contributed by atoms with E-state index in [1.807, 2.05) is 29.3 Å². The molecule has 4 amide bonds. The lowest BCUT2D eigenvalue weighted by Crippen LogP contribution is -2.35. The van der Waals surface area contributed by atoms with Crippen LogP contribution in [-0.4, -0.2) is 58.3 Å². The van der Waals surface area contributed by atoms with E-state index in [2.05, 4.69) is 10.3 Å². The van der Waals surface area contributed by atoms with Gasteiger partial charge in [0.05, 0.1) is 0 Å². The number of hydrogen-bond acceptors (Lipinski definition) is 3. The summed E-state index contributed by atoms with van der Waals surface area (Å²) in [6.07, 6.45) is 7.46. The van der Waals surface area contributed by atoms with Gasteiger partial charge < -0.3 is 15.2 Å². The lowest BCUT2D eigenvalue weighted by Gasteiger charge is -2.20. The molecule has 0 spiro atoms. The van der Waals surface area contributed by atoms with E-state index < -0.39 is 6.04 Å². The highest BCUT2D eigenvalue weighted by molar-refractivity contribution is 6.31. The zero-order chi connectivity index (χ0) is 21.1. The number of aromatic nitrogens is 1. The molecule has 1 aromatic carbocycles. The van der Waals surface area contributed by atoms with Gasteiger partial charge in [-0.1, -0.05) is 24.4 Å². The van der Waals surface area contributed by atoms with Crippen LogP contribution >= 0.6 is 11.6 Å². The highest BCUT2D eigenvalue weighted by atomic mass is 35.5. The summed E-state index contributed by atoms with van der Waals surface area (Å²) in [5, 5.41) is 4.38.